The summed E-state index contributed by atoms with van der Waals surface area (Å²) >= 11 is 1.48. The Morgan fingerprint density at radius 3 is 2.63 bits per heavy atom. The maximum absolute atomic E-state index is 13.8. The molecule has 0 radical (unpaired) electrons. The van der Waals surface area contributed by atoms with Crippen molar-refractivity contribution in [2.75, 3.05) is 18.0 Å². The van der Waals surface area contributed by atoms with Gasteiger partial charge in [0.1, 0.15) is 11.3 Å². The standard InChI is InChI=1S/C13H14FN3OS/c14-11-4-2-1-3-10(11)13(18)5-7-17(8-6-13)12-16-15-9-19-12/h1-4,9,18H,5-8H2. The number of benzene rings is 1. The van der Waals surface area contributed by atoms with E-state index in [-0.39, 0.29) is 5.82 Å². The molecule has 6 heteroatoms. The smallest absolute Gasteiger partial charge is 0.208 e. The zero-order chi connectivity index (χ0) is 13.3. The zero-order valence-electron chi connectivity index (χ0n) is 10.3. The second kappa shape index (κ2) is 4.86. The SMILES string of the molecule is OC1(c2ccccc2F)CCN(c2nncs2)CC1. The van der Waals surface area contributed by atoms with Gasteiger partial charge in [-0.05, 0) is 18.9 Å². The highest BCUT2D eigenvalue weighted by Gasteiger charge is 2.36. The van der Waals surface area contributed by atoms with Crippen LogP contribution >= 0.6 is 11.3 Å². The normalized spacial score (nSPS) is 18.5. The van der Waals surface area contributed by atoms with Gasteiger partial charge in [0, 0.05) is 18.7 Å². The van der Waals surface area contributed by atoms with Crippen molar-refractivity contribution in [3.05, 3.63) is 41.2 Å². The Balaban J connectivity index is 1.77. The molecule has 1 fully saturated rings. The Kier molecular flexibility index (Phi) is 3.20. The molecule has 0 unspecified atom stereocenters. The van der Waals surface area contributed by atoms with Gasteiger partial charge in [0.05, 0.1) is 5.60 Å². The average molecular weight is 279 g/mol. The third-order valence-electron chi connectivity index (χ3n) is 3.58. The molecule has 3 rings (SSSR count). The number of aromatic nitrogens is 2. The first-order chi connectivity index (χ1) is 9.19. The van der Waals surface area contributed by atoms with E-state index < -0.39 is 5.60 Å². The van der Waals surface area contributed by atoms with Crippen molar-refractivity contribution >= 4 is 16.5 Å². The summed E-state index contributed by atoms with van der Waals surface area (Å²) in [7, 11) is 0. The molecule has 0 aliphatic carbocycles. The van der Waals surface area contributed by atoms with Crippen LogP contribution in [0.4, 0.5) is 9.52 Å². The van der Waals surface area contributed by atoms with Gasteiger partial charge in [0.25, 0.3) is 0 Å². The Hall–Kier alpha value is -1.53. The van der Waals surface area contributed by atoms with Crippen molar-refractivity contribution in [3.8, 4) is 0 Å². The zero-order valence-corrected chi connectivity index (χ0v) is 11.1. The van der Waals surface area contributed by atoms with Gasteiger partial charge in [-0.3, -0.25) is 0 Å². The van der Waals surface area contributed by atoms with Crippen molar-refractivity contribution in [3.63, 3.8) is 0 Å². The molecule has 19 heavy (non-hydrogen) atoms. The quantitative estimate of drug-likeness (QED) is 0.915. The van der Waals surface area contributed by atoms with Crippen LogP contribution in [0.15, 0.2) is 29.8 Å². The van der Waals surface area contributed by atoms with Crippen molar-refractivity contribution in [1.82, 2.24) is 10.2 Å². The van der Waals surface area contributed by atoms with Gasteiger partial charge in [-0.1, -0.05) is 29.5 Å². The second-order valence-electron chi connectivity index (χ2n) is 4.72. The molecule has 0 bridgehead atoms. The van der Waals surface area contributed by atoms with E-state index >= 15 is 0 Å². The highest BCUT2D eigenvalue weighted by molar-refractivity contribution is 7.13. The first-order valence-electron chi connectivity index (χ1n) is 6.17. The predicted molar refractivity (Wildman–Crippen MR) is 71.7 cm³/mol. The minimum Gasteiger partial charge on any atom is -0.385 e. The van der Waals surface area contributed by atoms with E-state index in [1.54, 1.807) is 23.7 Å². The van der Waals surface area contributed by atoms with Crippen LogP contribution in [-0.4, -0.2) is 28.4 Å². The van der Waals surface area contributed by atoms with Gasteiger partial charge in [0.2, 0.25) is 5.13 Å². The molecule has 1 N–H and O–H groups in total. The molecule has 0 amide bonds. The van der Waals surface area contributed by atoms with Crippen molar-refractivity contribution < 1.29 is 9.50 Å². The number of hydrogen-bond donors (Lipinski definition) is 1. The average Bonchev–Trinajstić information content (AvgIpc) is 2.94. The Labute approximate surface area is 114 Å². The van der Waals surface area contributed by atoms with E-state index in [4.69, 9.17) is 0 Å². The fraction of sp³-hybridized carbons (Fsp3) is 0.385. The van der Waals surface area contributed by atoms with Crippen LogP contribution in [0.2, 0.25) is 0 Å². The van der Waals surface area contributed by atoms with Gasteiger partial charge in [-0.15, -0.1) is 10.2 Å². The third-order valence-corrected chi connectivity index (χ3v) is 4.34. The largest absolute Gasteiger partial charge is 0.385 e. The van der Waals surface area contributed by atoms with Crippen LogP contribution < -0.4 is 4.90 Å². The molecule has 1 aliphatic heterocycles. The summed E-state index contributed by atoms with van der Waals surface area (Å²) in [6.45, 7) is 1.31. The van der Waals surface area contributed by atoms with Gasteiger partial charge in [-0.25, -0.2) is 4.39 Å². The summed E-state index contributed by atoms with van der Waals surface area (Å²) in [5.41, 5.74) is 1.01. The number of anilines is 1. The van der Waals surface area contributed by atoms with E-state index in [0.29, 0.717) is 31.5 Å². The number of piperidine rings is 1. The number of halogens is 1. The van der Waals surface area contributed by atoms with Gasteiger partial charge in [-0.2, -0.15) is 0 Å². The summed E-state index contributed by atoms with van der Waals surface area (Å²) in [6, 6.07) is 6.45. The van der Waals surface area contributed by atoms with E-state index in [1.807, 2.05) is 0 Å². The molecule has 100 valence electrons. The lowest BCUT2D eigenvalue weighted by Crippen LogP contribution is -2.43. The summed E-state index contributed by atoms with van der Waals surface area (Å²) in [4.78, 5) is 2.08. The molecule has 1 aromatic heterocycles. The third kappa shape index (κ3) is 2.33. The molecule has 1 aromatic carbocycles. The van der Waals surface area contributed by atoms with E-state index in [2.05, 4.69) is 15.1 Å². The lowest BCUT2D eigenvalue weighted by atomic mass is 9.84. The van der Waals surface area contributed by atoms with Gasteiger partial charge < -0.3 is 10.0 Å². The van der Waals surface area contributed by atoms with Crippen LogP contribution in [0, 0.1) is 5.82 Å². The molecule has 0 atom stereocenters. The highest BCUT2D eigenvalue weighted by Crippen LogP contribution is 2.35. The lowest BCUT2D eigenvalue weighted by Gasteiger charge is -2.38. The number of nitrogens with zero attached hydrogens (tertiary/aromatic N) is 3. The van der Waals surface area contributed by atoms with Crippen molar-refractivity contribution in [2.45, 2.75) is 18.4 Å². The second-order valence-corrected chi connectivity index (χ2v) is 5.53. The first-order valence-corrected chi connectivity index (χ1v) is 7.05. The summed E-state index contributed by atoms with van der Waals surface area (Å²) in [5.74, 6) is -0.339. The number of hydrogen-bond acceptors (Lipinski definition) is 5. The molecule has 0 spiro atoms. The monoisotopic (exact) mass is 279 g/mol. The molecular weight excluding hydrogens is 265 g/mol. The topological polar surface area (TPSA) is 49.2 Å². The van der Waals surface area contributed by atoms with E-state index in [0.717, 1.165) is 5.13 Å². The van der Waals surface area contributed by atoms with Crippen LogP contribution in [0.5, 0.6) is 0 Å². The van der Waals surface area contributed by atoms with Crippen molar-refractivity contribution in [2.24, 2.45) is 0 Å². The van der Waals surface area contributed by atoms with Gasteiger partial charge in [0.15, 0.2) is 0 Å². The maximum Gasteiger partial charge on any atom is 0.208 e. The fourth-order valence-electron chi connectivity index (χ4n) is 2.48. The van der Waals surface area contributed by atoms with Crippen LogP contribution in [-0.2, 0) is 5.60 Å². The fourth-order valence-corrected chi connectivity index (χ4v) is 3.10. The van der Waals surface area contributed by atoms with Crippen LogP contribution in [0.25, 0.3) is 0 Å². The molecule has 2 heterocycles. The van der Waals surface area contributed by atoms with E-state index in [1.165, 1.54) is 17.4 Å². The van der Waals surface area contributed by atoms with E-state index in [9.17, 15) is 9.50 Å². The van der Waals surface area contributed by atoms with Crippen LogP contribution in [0.3, 0.4) is 0 Å². The van der Waals surface area contributed by atoms with Gasteiger partial charge >= 0.3 is 0 Å². The molecule has 0 saturated carbocycles. The van der Waals surface area contributed by atoms with Crippen molar-refractivity contribution in [1.29, 1.82) is 0 Å². The molecule has 1 saturated heterocycles. The number of rotatable bonds is 2. The minimum absolute atomic E-state index is 0.339. The van der Waals surface area contributed by atoms with Crippen LogP contribution in [0.1, 0.15) is 18.4 Å². The first kappa shape index (κ1) is 12.5. The molecule has 1 aliphatic rings. The maximum atomic E-state index is 13.8. The molecule has 4 nitrogen and oxygen atoms in total. The Morgan fingerprint density at radius 2 is 2.00 bits per heavy atom. The number of aliphatic hydroxyl groups is 1. The lowest BCUT2D eigenvalue weighted by molar-refractivity contribution is 0.00847. The summed E-state index contributed by atoms with van der Waals surface area (Å²) < 4.78 is 13.8. The Morgan fingerprint density at radius 1 is 1.26 bits per heavy atom. The molecular formula is C13H14FN3OS. The minimum atomic E-state index is -1.08. The predicted octanol–water partition coefficient (Wildman–Crippen LogP) is 2.17. The summed E-state index contributed by atoms with van der Waals surface area (Å²) in [5, 5.41) is 19.3. The molecule has 2 aromatic rings. The summed E-state index contributed by atoms with van der Waals surface area (Å²) in [6.07, 6.45) is 0.987. The highest BCUT2D eigenvalue weighted by atomic mass is 32.1. The Bertz CT molecular complexity index is 553.